The van der Waals surface area contributed by atoms with Crippen LogP contribution >= 0.6 is 0 Å². The van der Waals surface area contributed by atoms with Gasteiger partial charge in [-0.25, -0.2) is 0 Å². The van der Waals surface area contributed by atoms with E-state index in [0.717, 1.165) is 12.0 Å². The van der Waals surface area contributed by atoms with Gasteiger partial charge in [-0.15, -0.1) is 6.58 Å². The van der Waals surface area contributed by atoms with Crippen LogP contribution in [0.4, 0.5) is 0 Å². The van der Waals surface area contributed by atoms with Crippen LogP contribution < -0.4 is 0 Å². The van der Waals surface area contributed by atoms with E-state index in [9.17, 15) is 5.11 Å². The molecule has 0 aromatic rings. The van der Waals surface area contributed by atoms with Crippen LogP contribution in [-0.2, 0) is 9.47 Å². The molecule has 0 aromatic carbocycles. The third-order valence-electron chi connectivity index (χ3n) is 2.66. The maximum Gasteiger partial charge on any atom is 0.0900 e. The first-order chi connectivity index (χ1) is 9.60. The number of nitrogens with zero attached hydrogens (tertiary/aromatic N) is 1. The normalized spacial score (nSPS) is 12.8. The maximum absolute atomic E-state index is 9.77. The Balaban J connectivity index is 3.51. The molecular formula is C14H29NO5. The number of hydrogen-bond acceptors (Lipinski definition) is 6. The molecule has 0 bridgehead atoms. The molecule has 1 atom stereocenters. The standard InChI is InChI=1S/C14H29NO5/c1-13(2)3-8-19-9-10-20-12-14(18)11-15(4-6-16)5-7-17/h14,16-18H,1,3-12H2,2H3. The number of aliphatic hydroxyl groups is 3. The Morgan fingerprint density at radius 2 is 1.70 bits per heavy atom. The molecule has 20 heavy (non-hydrogen) atoms. The highest BCUT2D eigenvalue weighted by molar-refractivity contribution is 4.86. The summed E-state index contributed by atoms with van der Waals surface area (Å²) in [6.07, 6.45) is 0.211. The molecule has 0 fully saturated rings. The summed E-state index contributed by atoms with van der Waals surface area (Å²) in [5.41, 5.74) is 1.09. The lowest BCUT2D eigenvalue weighted by molar-refractivity contribution is -0.00997. The molecule has 0 aromatic heterocycles. The molecule has 0 aliphatic rings. The van der Waals surface area contributed by atoms with Crippen molar-refractivity contribution >= 4 is 0 Å². The van der Waals surface area contributed by atoms with Crippen LogP contribution in [0.5, 0.6) is 0 Å². The van der Waals surface area contributed by atoms with E-state index in [-0.39, 0.29) is 19.8 Å². The van der Waals surface area contributed by atoms with E-state index >= 15 is 0 Å². The molecule has 120 valence electrons. The van der Waals surface area contributed by atoms with Crippen molar-refractivity contribution in [3.8, 4) is 0 Å². The first kappa shape index (κ1) is 19.5. The quantitative estimate of drug-likeness (QED) is 0.299. The predicted octanol–water partition coefficient (Wildman–Crippen LogP) is -0.367. The zero-order valence-corrected chi connectivity index (χ0v) is 12.5. The second kappa shape index (κ2) is 13.5. The molecule has 6 nitrogen and oxygen atoms in total. The second-order valence-corrected chi connectivity index (χ2v) is 4.80. The van der Waals surface area contributed by atoms with Gasteiger partial charge in [0.15, 0.2) is 0 Å². The van der Waals surface area contributed by atoms with Crippen molar-refractivity contribution in [1.29, 1.82) is 0 Å². The first-order valence-electron chi connectivity index (χ1n) is 7.02. The topological polar surface area (TPSA) is 82.4 Å². The van der Waals surface area contributed by atoms with Crippen LogP contribution in [0.3, 0.4) is 0 Å². The molecule has 0 saturated heterocycles. The fraction of sp³-hybridized carbons (Fsp3) is 0.857. The Labute approximate surface area is 121 Å². The molecule has 0 rings (SSSR count). The molecule has 0 radical (unpaired) electrons. The molecule has 1 unspecified atom stereocenters. The van der Waals surface area contributed by atoms with Crippen LogP contribution in [0, 0.1) is 0 Å². The first-order valence-corrected chi connectivity index (χ1v) is 7.02. The van der Waals surface area contributed by atoms with Gasteiger partial charge < -0.3 is 24.8 Å². The monoisotopic (exact) mass is 291 g/mol. The van der Waals surface area contributed by atoms with Gasteiger partial charge in [-0.1, -0.05) is 5.57 Å². The molecule has 0 saturated carbocycles. The summed E-state index contributed by atoms with van der Waals surface area (Å²) in [5.74, 6) is 0. The summed E-state index contributed by atoms with van der Waals surface area (Å²) in [6.45, 7) is 8.78. The highest BCUT2D eigenvalue weighted by Gasteiger charge is 2.11. The minimum Gasteiger partial charge on any atom is -0.395 e. The lowest BCUT2D eigenvalue weighted by atomic mass is 10.3. The number of hydrogen-bond donors (Lipinski definition) is 3. The Bertz CT molecular complexity index is 232. The lowest BCUT2D eigenvalue weighted by Gasteiger charge is -2.23. The van der Waals surface area contributed by atoms with Gasteiger partial charge in [-0.3, -0.25) is 4.90 Å². The Hall–Kier alpha value is -0.500. The van der Waals surface area contributed by atoms with Gasteiger partial charge in [0.05, 0.1) is 45.7 Å². The molecule has 3 N–H and O–H groups in total. The van der Waals surface area contributed by atoms with Gasteiger partial charge in [0.1, 0.15) is 0 Å². The molecule has 0 amide bonds. The van der Waals surface area contributed by atoms with Crippen LogP contribution in [-0.4, -0.2) is 85.6 Å². The van der Waals surface area contributed by atoms with E-state index in [4.69, 9.17) is 19.7 Å². The van der Waals surface area contributed by atoms with Gasteiger partial charge in [0.2, 0.25) is 0 Å². The van der Waals surface area contributed by atoms with Gasteiger partial charge in [-0.05, 0) is 13.3 Å². The second-order valence-electron chi connectivity index (χ2n) is 4.80. The van der Waals surface area contributed by atoms with Crippen molar-refractivity contribution < 1.29 is 24.8 Å². The minimum absolute atomic E-state index is 0.00410. The van der Waals surface area contributed by atoms with Gasteiger partial charge in [-0.2, -0.15) is 0 Å². The smallest absolute Gasteiger partial charge is 0.0900 e. The third kappa shape index (κ3) is 12.5. The fourth-order valence-corrected chi connectivity index (χ4v) is 1.61. The number of rotatable bonds is 14. The van der Waals surface area contributed by atoms with E-state index in [0.29, 0.717) is 39.5 Å². The average Bonchev–Trinajstić information content (AvgIpc) is 2.37. The summed E-state index contributed by atoms with van der Waals surface area (Å²) < 4.78 is 10.7. The molecule has 0 aliphatic carbocycles. The van der Waals surface area contributed by atoms with Crippen LogP contribution in [0.2, 0.25) is 0 Å². The van der Waals surface area contributed by atoms with E-state index in [1.807, 2.05) is 6.92 Å². The van der Waals surface area contributed by atoms with E-state index in [1.165, 1.54) is 0 Å². The van der Waals surface area contributed by atoms with Crippen molar-refractivity contribution in [3.63, 3.8) is 0 Å². The van der Waals surface area contributed by atoms with Gasteiger partial charge in [0, 0.05) is 19.6 Å². The van der Waals surface area contributed by atoms with Crippen molar-refractivity contribution in [2.45, 2.75) is 19.4 Å². The fourth-order valence-electron chi connectivity index (χ4n) is 1.61. The Kier molecular flexibility index (Phi) is 13.1. The van der Waals surface area contributed by atoms with Crippen molar-refractivity contribution in [1.82, 2.24) is 4.90 Å². The van der Waals surface area contributed by atoms with Gasteiger partial charge >= 0.3 is 0 Å². The highest BCUT2D eigenvalue weighted by Crippen LogP contribution is 1.96. The van der Waals surface area contributed by atoms with Gasteiger partial charge in [0.25, 0.3) is 0 Å². The zero-order chi connectivity index (χ0) is 15.2. The number of ether oxygens (including phenoxy) is 2. The minimum atomic E-state index is -0.636. The van der Waals surface area contributed by atoms with Crippen molar-refractivity contribution in [2.75, 3.05) is 59.3 Å². The van der Waals surface area contributed by atoms with Crippen molar-refractivity contribution in [3.05, 3.63) is 12.2 Å². The maximum atomic E-state index is 9.77. The SMILES string of the molecule is C=C(C)CCOCCOCC(O)CN(CCO)CCO. The Morgan fingerprint density at radius 3 is 2.25 bits per heavy atom. The highest BCUT2D eigenvalue weighted by atomic mass is 16.5. The summed E-state index contributed by atoms with van der Waals surface area (Å²) in [6, 6.07) is 0. The molecule has 0 heterocycles. The van der Waals surface area contributed by atoms with Crippen molar-refractivity contribution in [2.24, 2.45) is 0 Å². The summed E-state index contributed by atoms with van der Waals surface area (Å²) in [7, 11) is 0. The molecular weight excluding hydrogens is 262 g/mol. The summed E-state index contributed by atoms with van der Waals surface area (Å²) in [5, 5.41) is 27.5. The predicted molar refractivity (Wildman–Crippen MR) is 77.7 cm³/mol. The van der Waals surface area contributed by atoms with Crippen LogP contribution in [0.15, 0.2) is 12.2 Å². The summed E-state index contributed by atoms with van der Waals surface area (Å²) >= 11 is 0. The molecule has 0 aliphatic heterocycles. The third-order valence-corrected chi connectivity index (χ3v) is 2.66. The van der Waals surface area contributed by atoms with Crippen LogP contribution in [0.1, 0.15) is 13.3 Å². The number of aliphatic hydroxyl groups excluding tert-OH is 3. The van der Waals surface area contributed by atoms with E-state index in [1.54, 1.807) is 4.90 Å². The Morgan fingerprint density at radius 1 is 1.10 bits per heavy atom. The molecule has 6 heteroatoms. The largest absolute Gasteiger partial charge is 0.395 e. The van der Waals surface area contributed by atoms with Crippen LogP contribution in [0.25, 0.3) is 0 Å². The average molecular weight is 291 g/mol. The zero-order valence-electron chi connectivity index (χ0n) is 12.5. The van der Waals surface area contributed by atoms with E-state index in [2.05, 4.69) is 6.58 Å². The lowest BCUT2D eigenvalue weighted by Crippen LogP contribution is -2.38. The van der Waals surface area contributed by atoms with E-state index < -0.39 is 6.10 Å². The molecule has 0 spiro atoms. The summed E-state index contributed by atoms with van der Waals surface area (Å²) in [4.78, 5) is 1.79.